The number of aromatic hydroxyl groups is 1. The van der Waals surface area contributed by atoms with Crippen LogP contribution >= 0.6 is 11.3 Å². The maximum Gasteiger partial charge on any atom is 0.223 e. The molecule has 5 rings (SSSR count). The normalized spacial score (nSPS) is 17.6. The Kier molecular flexibility index (Phi) is 6.17. The van der Waals surface area contributed by atoms with Crippen LogP contribution in [0.3, 0.4) is 0 Å². The lowest BCUT2D eigenvalue weighted by Gasteiger charge is -2.32. The van der Waals surface area contributed by atoms with Crippen molar-refractivity contribution in [2.24, 2.45) is 0 Å². The molecule has 12 heteroatoms. The molecular weight excluding hydrogens is 465 g/mol. The number of thiazole rings is 1. The maximum atomic E-state index is 13.6. The first-order chi connectivity index (χ1) is 16.0. The highest BCUT2D eigenvalue weighted by Gasteiger charge is 2.29. The van der Waals surface area contributed by atoms with Crippen LogP contribution in [0.4, 0.5) is 10.3 Å². The lowest BCUT2D eigenvalue weighted by Crippen LogP contribution is -2.49. The van der Waals surface area contributed by atoms with Gasteiger partial charge < -0.3 is 15.0 Å². The Hall–Kier alpha value is -2.77. The molecule has 9 nitrogen and oxygen atoms in total. The monoisotopic (exact) mass is 487 g/mol. The Labute approximate surface area is 197 Å². The minimum absolute atomic E-state index is 0.430. The lowest BCUT2D eigenvalue weighted by molar-refractivity contribution is 0.313. The number of benzene rings is 1. The van der Waals surface area contributed by atoms with Gasteiger partial charge in [-0.05, 0) is 30.7 Å². The Morgan fingerprint density at radius 3 is 3.00 bits per heavy atom. The van der Waals surface area contributed by atoms with Gasteiger partial charge in [0.25, 0.3) is 0 Å². The molecule has 2 N–H and O–H groups in total. The molecule has 1 aromatic carbocycles. The van der Waals surface area contributed by atoms with Gasteiger partial charge in [0.2, 0.25) is 5.95 Å². The summed E-state index contributed by atoms with van der Waals surface area (Å²) in [5.41, 5.74) is 2.54. The second-order valence-electron chi connectivity index (χ2n) is 7.59. The van der Waals surface area contributed by atoms with Crippen molar-refractivity contribution in [3.05, 3.63) is 47.9 Å². The predicted octanol–water partition coefficient (Wildman–Crippen LogP) is 2.99. The number of anilines is 1. The number of rotatable bonds is 6. The summed E-state index contributed by atoms with van der Waals surface area (Å²) in [5.74, 6) is -0.669. The Bertz CT molecular complexity index is 1280. The molecule has 4 heterocycles. The number of nitrogens with one attached hydrogen (secondary N) is 1. The standard InChI is InChI=1S/C21H22FN7O2S2/c1-27-8-2-9-28(33(27)31)10-7-24-20-23-6-5-16(25-20)19-18(26-21-29(19)11-12-32-21)14-3-4-15(22)17(30)13-14/h3-6,11-13,30H,2,7-10H2,1H3,(H,23,24,25). The molecule has 1 aliphatic rings. The topological polar surface area (TPSA) is 105 Å². The third kappa shape index (κ3) is 4.39. The largest absolute Gasteiger partial charge is 0.578 e. The Morgan fingerprint density at radius 2 is 2.15 bits per heavy atom. The van der Waals surface area contributed by atoms with Gasteiger partial charge in [0.05, 0.1) is 17.9 Å². The van der Waals surface area contributed by atoms with Crippen molar-refractivity contribution in [2.45, 2.75) is 6.42 Å². The van der Waals surface area contributed by atoms with E-state index in [1.807, 2.05) is 31.6 Å². The summed E-state index contributed by atoms with van der Waals surface area (Å²) in [7, 11) is 1.86. The maximum absolute atomic E-state index is 13.6. The number of halogens is 1. The van der Waals surface area contributed by atoms with E-state index in [-0.39, 0.29) is 0 Å². The molecular formula is C21H22FN7O2S2. The van der Waals surface area contributed by atoms with Gasteiger partial charge in [-0.2, -0.15) is 0 Å². The molecule has 0 aliphatic carbocycles. The molecule has 33 heavy (non-hydrogen) atoms. The van der Waals surface area contributed by atoms with Gasteiger partial charge in [-0.3, -0.25) is 4.40 Å². The van der Waals surface area contributed by atoms with E-state index in [1.165, 1.54) is 23.5 Å². The van der Waals surface area contributed by atoms with E-state index < -0.39 is 23.1 Å². The van der Waals surface area contributed by atoms with Crippen molar-refractivity contribution in [1.29, 1.82) is 0 Å². The molecule has 1 saturated heterocycles. The number of hydrogen-bond donors (Lipinski definition) is 2. The predicted molar refractivity (Wildman–Crippen MR) is 127 cm³/mol. The smallest absolute Gasteiger partial charge is 0.223 e. The van der Waals surface area contributed by atoms with Crippen molar-refractivity contribution >= 4 is 33.8 Å². The second kappa shape index (κ2) is 9.23. The van der Waals surface area contributed by atoms with Crippen LogP contribution in [-0.4, -0.2) is 70.8 Å². The zero-order chi connectivity index (χ0) is 22.9. The van der Waals surface area contributed by atoms with Gasteiger partial charge in [0.1, 0.15) is 17.2 Å². The number of nitrogens with zero attached hydrogens (tertiary/aromatic N) is 6. The molecule has 3 aromatic heterocycles. The number of phenolic OH excluding ortho intramolecular Hbond substituents is 1. The van der Waals surface area contributed by atoms with E-state index in [4.69, 9.17) is 0 Å². The SMILES string of the molecule is CN1CCCN(CCNc2nccc(-c3c(-c4ccc(F)c(O)c4)nc4sccn34)n2)[S+]1[O-]. The molecule has 172 valence electrons. The summed E-state index contributed by atoms with van der Waals surface area (Å²) in [5, 5.41) is 15.0. The molecule has 0 radical (unpaired) electrons. The van der Waals surface area contributed by atoms with E-state index in [9.17, 15) is 14.0 Å². The van der Waals surface area contributed by atoms with Crippen LogP contribution in [-0.2, 0) is 11.5 Å². The summed E-state index contributed by atoms with van der Waals surface area (Å²) in [6, 6.07) is 5.95. The molecule has 4 aromatic rings. The average molecular weight is 488 g/mol. The summed E-state index contributed by atoms with van der Waals surface area (Å²) < 4.78 is 31.6. The fourth-order valence-electron chi connectivity index (χ4n) is 3.77. The van der Waals surface area contributed by atoms with E-state index in [0.29, 0.717) is 36.0 Å². The van der Waals surface area contributed by atoms with Gasteiger partial charge in [-0.1, -0.05) is 0 Å². The van der Waals surface area contributed by atoms with Crippen molar-refractivity contribution in [3.63, 3.8) is 0 Å². The molecule has 1 fully saturated rings. The quantitative estimate of drug-likeness (QED) is 0.400. The molecule has 1 unspecified atom stereocenters. The zero-order valence-corrected chi connectivity index (χ0v) is 19.4. The van der Waals surface area contributed by atoms with Crippen molar-refractivity contribution in [3.8, 4) is 28.4 Å². The fraction of sp³-hybridized carbons (Fsp3) is 0.286. The number of fused-ring (bicyclic) bond motifs is 1. The minimum Gasteiger partial charge on any atom is -0.578 e. The van der Waals surface area contributed by atoms with Crippen molar-refractivity contribution < 1.29 is 14.0 Å². The van der Waals surface area contributed by atoms with Gasteiger partial charge >= 0.3 is 0 Å². The second-order valence-corrected chi connectivity index (χ2v) is 10.1. The summed E-state index contributed by atoms with van der Waals surface area (Å²) >= 11 is 0.351. The van der Waals surface area contributed by atoms with Gasteiger partial charge in [-0.15, -0.1) is 19.9 Å². The summed E-state index contributed by atoms with van der Waals surface area (Å²) in [6.07, 6.45) is 4.54. The fourth-order valence-corrected chi connectivity index (χ4v) is 5.70. The van der Waals surface area contributed by atoms with Crippen molar-refractivity contribution in [2.75, 3.05) is 38.5 Å². The Morgan fingerprint density at radius 1 is 1.27 bits per heavy atom. The number of phenols is 1. The highest BCUT2D eigenvalue weighted by atomic mass is 32.2. The molecule has 1 atom stereocenters. The van der Waals surface area contributed by atoms with Crippen LogP contribution in [0.5, 0.6) is 5.75 Å². The minimum atomic E-state index is -1.12. The number of aromatic nitrogens is 4. The average Bonchev–Trinajstić information content (AvgIpc) is 3.40. The van der Waals surface area contributed by atoms with E-state index in [2.05, 4.69) is 20.3 Å². The van der Waals surface area contributed by atoms with Gasteiger partial charge in [0.15, 0.2) is 16.5 Å². The molecule has 0 spiro atoms. The van der Waals surface area contributed by atoms with Crippen LogP contribution in [0.15, 0.2) is 42.0 Å². The van der Waals surface area contributed by atoms with Crippen LogP contribution in [0, 0.1) is 5.82 Å². The van der Waals surface area contributed by atoms with E-state index in [0.717, 1.165) is 30.2 Å². The van der Waals surface area contributed by atoms with Crippen LogP contribution in [0.25, 0.3) is 27.6 Å². The Balaban J connectivity index is 1.41. The summed E-state index contributed by atoms with van der Waals surface area (Å²) in [4.78, 5) is 14.4. The third-order valence-corrected chi connectivity index (χ3v) is 7.67. The summed E-state index contributed by atoms with van der Waals surface area (Å²) in [6.45, 7) is 2.77. The highest BCUT2D eigenvalue weighted by Crippen LogP contribution is 2.35. The van der Waals surface area contributed by atoms with Gasteiger partial charge in [0, 0.05) is 50.0 Å². The van der Waals surface area contributed by atoms with Crippen LogP contribution in [0.2, 0.25) is 0 Å². The first-order valence-electron chi connectivity index (χ1n) is 10.4. The zero-order valence-electron chi connectivity index (χ0n) is 17.8. The highest BCUT2D eigenvalue weighted by molar-refractivity contribution is 7.86. The number of hydrogen-bond acceptors (Lipinski definition) is 9. The molecule has 1 aliphatic heterocycles. The van der Waals surface area contributed by atoms with E-state index in [1.54, 1.807) is 18.3 Å². The van der Waals surface area contributed by atoms with Gasteiger partial charge in [-0.25, -0.2) is 19.3 Å². The van der Waals surface area contributed by atoms with E-state index >= 15 is 0 Å². The number of imidazole rings is 1. The lowest BCUT2D eigenvalue weighted by atomic mass is 10.1. The van der Waals surface area contributed by atoms with Crippen LogP contribution < -0.4 is 5.32 Å². The van der Waals surface area contributed by atoms with Crippen LogP contribution in [0.1, 0.15) is 6.42 Å². The first-order valence-corrected chi connectivity index (χ1v) is 12.4. The first kappa shape index (κ1) is 22.0. The molecule has 0 saturated carbocycles. The molecule has 0 bridgehead atoms. The van der Waals surface area contributed by atoms with Crippen molar-refractivity contribution in [1.82, 2.24) is 28.0 Å². The third-order valence-electron chi connectivity index (χ3n) is 5.39. The molecule has 0 amide bonds.